The number of hydrogen-bond acceptors (Lipinski definition) is 5. The van der Waals surface area contributed by atoms with Gasteiger partial charge in [0.05, 0.1) is 18.6 Å². The minimum atomic E-state index is -0.411. The predicted octanol–water partition coefficient (Wildman–Crippen LogP) is 4.34. The number of esters is 1. The van der Waals surface area contributed by atoms with E-state index in [0.29, 0.717) is 12.0 Å². The van der Waals surface area contributed by atoms with Crippen molar-refractivity contribution in [3.05, 3.63) is 34.2 Å². The van der Waals surface area contributed by atoms with Crippen LogP contribution in [-0.2, 0) is 16.0 Å². The maximum Gasteiger partial charge on any atom is 0.310 e. The first kappa shape index (κ1) is 18.0. The summed E-state index contributed by atoms with van der Waals surface area (Å²) < 4.78 is 4.91. The molecule has 5 heteroatoms. The van der Waals surface area contributed by atoms with Crippen molar-refractivity contribution in [2.45, 2.75) is 52.4 Å². The molecule has 0 aliphatic carbocycles. The van der Waals surface area contributed by atoms with Gasteiger partial charge >= 0.3 is 5.97 Å². The molecule has 1 aromatic carbocycles. The van der Waals surface area contributed by atoms with Crippen LogP contribution >= 0.6 is 0 Å². The van der Waals surface area contributed by atoms with Crippen LogP contribution in [0.4, 0.5) is 5.69 Å². The van der Waals surface area contributed by atoms with E-state index in [1.165, 1.54) is 6.07 Å². The van der Waals surface area contributed by atoms with Gasteiger partial charge in [-0.05, 0) is 30.2 Å². The van der Waals surface area contributed by atoms with Gasteiger partial charge in [0.1, 0.15) is 5.69 Å². The molecule has 0 spiro atoms. The average molecular weight is 305 g/mol. The molecule has 0 aliphatic rings. The summed E-state index contributed by atoms with van der Waals surface area (Å²) in [5, 5.41) is 2.93. The summed E-state index contributed by atoms with van der Waals surface area (Å²) in [7, 11) is 0. The summed E-state index contributed by atoms with van der Waals surface area (Å²) in [4.78, 5) is 35.0. The Balaban J connectivity index is 2.91. The molecule has 0 unspecified atom stereocenters. The van der Waals surface area contributed by atoms with E-state index in [4.69, 9.17) is 4.74 Å². The number of carbonyl (C=O) groups excluding carboxylic acids is 2. The van der Waals surface area contributed by atoms with Gasteiger partial charge in [-0.25, -0.2) is 0 Å². The van der Waals surface area contributed by atoms with Crippen LogP contribution in [0.5, 0.6) is 0 Å². The number of ether oxygens (including phenoxy) is 1. The predicted molar refractivity (Wildman–Crippen MR) is 85.3 cm³/mol. The van der Waals surface area contributed by atoms with Crippen LogP contribution in [0.1, 0.15) is 61.9 Å². The van der Waals surface area contributed by atoms with Crippen LogP contribution < -0.4 is 0 Å². The lowest BCUT2D eigenvalue weighted by atomic mass is 9.96. The molecular weight excluding hydrogens is 282 g/mol. The van der Waals surface area contributed by atoms with E-state index in [1.54, 1.807) is 19.1 Å². The van der Waals surface area contributed by atoms with Crippen molar-refractivity contribution in [1.82, 2.24) is 0 Å². The molecule has 120 valence electrons. The Kier molecular flexibility index (Phi) is 8.04. The van der Waals surface area contributed by atoms with E-state index in [0.717, 1.165) is 25.7 Å². The summed E-state index contributed by atoms with van der Waals surface area (Å²) in [6.45, 7) is 4.11. The summed E-state index contributed by atoms with van der Waals surface area (Å²) in [5.41, 5.74) is 0.875. The standard InChI is InChI=1S/C17H23NO4/c1-3-5-6-7-11-15(19)17-13(12-16(20)22-4-2)9-8-10-14(17)18-21/h8-10H,3-7,11-12H2,1-2H3. The van der Waals surface area contributed by atoms with Gasteiger partial charge in [0.2, 0.25) is 0 Å². The lowest BCUT2D eigenvalue weighted by Crippen LogP contribution is -2.12. The lowest BCUT2D eigenvalue weighted by Gasteiger charge is -2.10. The van der Waals surface area contributed by atoms with Crippen LogP contribution in [0.3, 0.4) is 0 Å². The Morgan fingerprint density at radius 1 is 1.14 bits per heavy atom. The minimum Gasteiger partial charge on any atom is -0.466 e. The zero-order valence-corrected chi connectivity index (χ0v) is 13.3. The van der Waals surface area contributed by atoms with Crippen LogP contribution in [0.15, 0.2) is 23.4 Å². The number of rotatable bonds is 10. The maximum atomic E-state index is 12.4. The molecule has 0 saturated heterocycles. The van der Waals surface area contributed by atoms with Crippen LogP contribution in [0, 0.1) is 4.91 Å². The number of ketones is 1. The van der Waals surface area contributed by atoms with E-state index in [9.17, 15) is 14.5 Å². The fraction of sp³-hybridized carbons (Fsp3) is 0.529. The van der Waals surface area contributed by atoms with Crippen molar-refractivity contribution >= 4 is 17.4 Å². The molecule has 22 heavy (non-hydrogen) atoms. The molecule has 0 heterocycles. The fourth-order valence-electron chi connectivity index (χ4n) is 2.34. The Hall–Kier alpha value is -2.04. The Morgan fingerprint density at radius 2 is 1.91 bits per heavy atom. The van der Waals surface area contributed by atoms with Crippen molar-refractivity contribution < 1.29 is 14.3 Å². The van der Waals surface area contributed by atoms with Crippen molar-refractivity contribution in [3.8, 4) is 0 Å². The number of unbranched alkanes of at least 4 members (excludes halogenated alkanes) is 3. The summed E-state index contributed by atoms with van der Waals surface area (Å²) in [6, 6.07) is 4.80. The molecule has 0 aliphatic heterocycles. The highest BCUT2D eigenvalue weighted by Crippen LogP contribution is 2.26. The first-order chi connectivity index (χ1) is 10.6. The summed E-state index contributed by atoms with van der Waals surface area (Å²) in [6.07, 6.45) is 4.27. The normalized spacial score (nSPS) is 10.3. The van der Waals surface area contributed by atoms with Gasteiger partial charge in [-0.1, -0.05) is 38.3 Å². The van der Waals surface area contributed by atoms with Gasteiger partial charge in [0.15, 0.2) is 5.78 Å². The van der Waals surface area contributed by atoms with Gasteiger partial charge in [-0.3, -0.25) is 9.59 Å². The summed E-state index contributed by atoms with van der Waals surface area (Å²) >= 11 is 0. The second-order valence-electron chi connectivity index (χ2n) is 5.12. The molecule has 1 aromatic rings. The molecule has 0 saturated carbocycles. The molecule has 0 fully saturated rings. The molecule has 5 nitrogen and oxygen atoms in total. The fourth-order valence-corrected chi connectivity index (χ4v) is 2.34. The third kappa shape index (κ3) is 5.39. The van der Waals surface area contributed by atoms with E-state index < -0.39 is 5.97 Å². The molecular formula is C17H23NO4. The van der Waals surface area contributed by atoms with Gasteiger partial charge in [0, 0.05) is 6.42 Å². The highest BCUT2D eigenvalue weighted by atomic mass is 16.5. The number of hydrogen-bond donors (Lipinski definition) is 0. The highest BCUT2D eigenvalue weighted by Gasteiger charge is 2.19. The topological polar surface area (TPSA) is 72.8 Å². The smallest absolute Gasteiger partial charge is 0.310 e. The second kappa shape index (κ2) is 9.82. The molecule has 0 amide bonds. The number of benzene rings is 1. The van der Waals surface area contributed by atoms with Crippen LogP contribution in [0.2, 0.25) is 0 Å². The first-order valence-corrected chi connectivity index (χ1v) is 7.78. The van der Waals surface area contributed by atoms with E-state index in [1.807, 2.05) is 0 Å². The SMILES string of the molecule is CCCCCCC(=O)c1c(CC(=O)OCC)cccc1N=O. The van der Waals surface area contributed by atoms with Crippen LogP contribution in [0.25, 0.3) is 0 Å². The third-order valence-corrected chi connectivity index (χ3v) is 3.40. The van der Waals surface area contributed by atoms with E-state index in [-0.39, 0.29) is 30.1 Å². The molecule has 0 atom stereocenters. The van der Waals surface area contributed by atoms with Crippen molar-refractivity contribution in [1.29, 1.82) is 0 Å². The Morgan fingerprint density at radius 3 is 2.55 bits per heavy atom. The van der Waals surface area contributed by atoms with Gasteiger partial charge in [-0.15, -0.1) is 4.91 Å². The monoisotopic (exact) mass is 305 g/mol. The quantitative estimate of drug-likeness (QED) is 0.279. The second-order valence-corrected chi connectivity index (χ2v) is 5.12. The first-order valence-electron chi connectivity index (χ1n) is 7.78. The maximum absolute atomic E-state index is 12.4. The Labute approximate surface area is 131 Å². The van der Waals surface area contributed by atoms with Crippen molar-refractivity contribution in [2.75, 3.05) is 6.61 Å². The third-order valence-electron chi connectivity index (χ3n) is 3.40. The van der Waals surface area contributed by atoms with E-state index in [2.05, 4.69) is 12.1 Å². The minimum absolute atomic E-state index is 0.0206. The van der Waals surface area contributed by atoms with Crippen LogP contribution in [-0.4, -0.2) is 18.4 Å². The van der Waals surface area contributed by atoms with Crippen molar-refractivity contribution in [2.24, 2.45) is 5.18 Å². The molecule has 0 aromatic heterocycles. The largest absolute Gasteiger partial charge is 0.466 e. The number of Topliss-reactive ketones (excluding diaryl/α,β-unsaturated/α-hetero) is 1. The molecule has 0 radical (unpaired) electrons. The number of carbonyl (C=O) groups is 2. The zero-order valence-electron chi connectivity index (χ0n) is 13.3. The lowest BCUT2D eigenvalue weighted by molar-refractivity contribution is -0.142. The average Bonchev–Trinajstić information content (AvgIpc) is 2.51. The molecule has 0 N–H and O–H groups in total. The van der Waals surface area contributed by atoms with Gasteiger partial charge in [0.25, 0.3) is 0 Å². The summed E-state index contributed by atoms with van der Waals surface area (Å²) in [5.74, 6) is -0.545. The Bertz CT molecular complexity index is 525. The number of nitrogens with zero attached hydrogens (tertiary/aromatic N) is 1. The zero-order chi connectivity index (χ0) is 16.4. The van der Waals surface area contributed by atoms with Crippen molar-refractivity contribution in [3.63, 3.8) is 0 Å². The van der Waals surface area contributed by atoms with E-state index >= 15 is 0 Å². The highest BCUT2D eigenvalue weighted by molar-refractivity contribution is 6.02. The number of nitroso groups, excluding NO2 is 1. The molecule has 1 rings (SSSR count). The van der Waals surface area contributed by atoms with Gasteiger partial charge < -0.3 is 4.74 Å². The molecule has 0 bridgehead atoms. The van der Waals surface area contributed by atoms with Gasteiger partial charge in [-0.2, -0.15) is 0 Å².